The van der Waals surface area contributed by atoms with Crippen molar-refractivity contribution in [3.05, 3.63) is 0 Å². The van der Waals surface area contributed by atoms with Crippen molar-refractivity contribution in [3.63, 3.8) is 0 Å². The predicted molar refractivity (Wildman–Crippen MR) is 53.8 cm³/mol. The maximum Gasteiger partial charge on any atom is 0.0556 e. The minimum Gasteiger partial charge on any atom is -0.376 e. The van der Waals surface area contributed by atoms with Crippen LogP contribution in [0.25, 0.3) is 0 Å². The van der Waals surface area contributed by atoms with E-state index in [1.54, 1.807) is 0 Å². The number of hydrogen-bond donors (Lipinski definition) is 1. The Morgan fingerprint density at radius 3 is 2.46 bits per heavy atom. The van der Waals surface area contributed by atoms with Gasteiger partial charge in [-0.3, -0.25) is 0 Å². The van der Waals surface area contributed by atoms with Gasteiger partial charge in [0.05, 0.1) is 12.2 Å². The standard InChI is InChI=1S/C11H21NO/c1-9-6-11(7-10(2)13-9)4-3-5-12-8-11/h9-10,12H,3-8H2,1-2H3. The first-order valence-electron chi connectivity index (χ1n) is 5.56. The maximum absolute atomic E-state index is 5.79. The molecule has 1 spiro atoms. The van der Waals surface area contributed by atoms with E-state index < -0.39 is 0 Å². The Morgan fingerprint density at radius 2 is 1.92 bits per heavy atom. The third-order valence-corrected chi connectivity index (χ3v) is 3.47. The van der Waals surface area contributed by atoms with Crippen LogP contribution in [0.5, 0.6) is 0 Å². The molecule has 0 saturated carbocycles. The number of piperidine rings is 1. The van der Waals surface area contributed by atoms with E-state index in [2.05, 4.69) is 19.2 Å². The van der Waals surface area contributed by atoms with Crippen molar-refractivity contribution in [2.45, 2.75) is 51.7 Å². The van der Waals surface area contributed by atoms with Crippen molar-refractivity contribution in [2.75, 3.05) is 13.1 Å². The summed E-state index contributed by atoms with van der Waals surface area (Å²) in [6.07, 6.45) is 6.18. The normalized spacial score (nSPS) is 46.6. The average molecular weight is 183 g/mol. The van der Waals surface area contributed by atoms with Gasteiger partial charge in [0, 0.05) is 6.54 Å². The zero-order chi connectivity index (χ0) is 9.31. The van der Waals surface area contributed by atoms with E-state index >= 15 is 0 Å². The molecule has 0 aromatic rings. The SMILES string of the molecule is CC1CC2(CCCNC2)CC(C)O1. The summed E-state index contributed by atoms with van der Waals surface area (Å²) in [5.41, 5.74) is 0.565. The van der Waals surface area contributed by atoms with Gasteiger partial charge in [0.25, 0.3) is 0 Å². The fraction of sp³-hybridized carbons (Fsp3) is 1.00. The highest BCUT2D eigenvalue weighted by Gasteiger charge is 2.39. The van der Waals surface area contributed by atoms with Crippen LogP contribution >= 0.6 is 0 Å². The predicted octanol–water partition coefficient (Wildman–Crippen LogP) is 1.94. The second kappa shape index (κ2) is 3.58. The van der Waals surface area contributed by atoms with Crippen LogP contribution in [0.4, 0.5) is 0 Å². The molecule has 0 radical (unpaired) electrons. The van der Waals surface area contributed by atoms with Gasteiger partial charge < -0.3 is 10.1 Å². The van der Waals surface area contributed by atoms with E-state index in [1.807, 2.05) is 0 Å². The summed E-state index contributed by atoms with van der Waals surface area (Å²) in [7, 11) is 0. The fourth-order valence-corrected chi connectivity index (χ4v) is 3.17. The van der Waals surface area contributed by atoms with Crippen LogP contribution in [-0.4, -0.2) is 25.3 Å². The van der Waals surface area contributed by atoms with Crippen LogP contribution in [0.1, 0.15) is 39.5 Å². The van der Waals surface area contributed by atoms with E-state index in [-0.39, 0.29) is 0 Å². The molecule has 1 N–H and O–H groups in total. The highest BCUT2D eigenvalue weighted by molar-refractivity contribution is 4.91. The lowest BCUT2D eigenvalue weighted by atomic mass is 9.71. The minimum atomic E-state index is 0.462. The second-order valence-corrected chi connectivity index (χ2v) is 4.95. The Morgan fingerprint density at radius 1 is 1.23 bits per heavy atom. The summed E-state index contributed by atoms with van der Waals surface area (Å²) in [6, 6.07) is 0. The number of hydrogen-bond acceptors (Lipinski definition) is 2. The fourth-order valence-electron chi connectivity index (χ4n) is 3.17. The maximum atomic E-state index is 5.79. The lowest BCUT2D eigenvalue weighted by Crippen LogP contribution is -2.47. The summed E-state index contributed by atoms with van der Waals surface area (Å²) in [5.74, 6) is 0. The lowest BCUT2D eigenvalue weighted by Gasteiger charge is -2.45. The van der Waals surface area contributed by atoms with E-state index in [0.717, 1.165) is 0 Å². The Kier molecular flexibility index (Phi) is 2.61. The molecule has 0 aliphatic carbocycles. The molecule has 2 heterocycles. The van der Waals surface area contributed by atoms with Crippen LogP contribution in [0, 0.1) is 5.41 Å². The van der Waals surface area contributed by atoms with Crippen molar-refractivity contribution in [1.29, 1.82) is 0 Å². The van der Waals surface area contributed by atoms with Crippen molar-refractivity contribution in [3.8, 4) is 0 Å². The van der Waals surface area contributed by atoms with Crippen LogP contribution in [0.15, 0.2) is 0 Å². The lowest BCUT2D eigenvalue weighted by molar-refractivity contribution is -0.0933. The van der Waals surface area contributed by atoms with Crippen LogP contribution < -0.4 is 5.32 Å². The largest absolute Gasteiger partial charge is 0.376 e. The summed E-state index contributed by atoms with van der Waals surface area (Å²) in [6.45, 7) is 6.86. The number of rotatable bonds is 0. The first kappa shape index (κ1) is 9.47. The summed E-state index contributed by atoms with van der Waals surface area (Å²) < 4.78 is 5.79. The Balaban J connectivity index is 2.02. The molecule has 13 heavy (non-hydrogen) atoms. The molecule has 2 rings (SSSR count). The summed E-state index contributed by atoms with van der Waals surface area (Å²) >= 11 is 0. The Hall–Kier alpha value is -0.0800. The molecule has 2 aliphatic heterocycles. The van der Waals surface area contributed by atoms with Gasteiger partial charge in [-0.25, -0.2) is 0 Å². The number of ether oxygens (including phenoxy) is 1. The van der Waals surface area contributed by atoms with E-state index in [4.69, 9.17) is 4.74 Å². The molecular weight excluding hydrogens is 162 g/mol. The van der Waals surface area contributed by atoms with Gasteiger partial charge in [-0.1, -0.05) is 0 Å². The van der Waals surface area contributed by atoms with Gasteiger partial charge in [-0.05, 0) is 51.5 Å². The molecule has 2 heteroatoms. The van der Waals surface area contributed by atoms with Crippen LogP contribution in [-0.2, 0) is 4.74 Å². The minimum absolute atomic E-state index is 0.462. The molecule has 0 amide bonds. The molecule has 0 bridgehead atoms. The van der Waals surface area contributed by atoms with E-state index in [0.29, 0.717) is 17.6 Å². The smallest absolute Gasteiger partial charge is 0.0556 e. The first-order valence-corrected chi connectivity index (χ1v) is 5.56. The molecule has 2 aliphatic rings. The molecule has 76 valence electrons. The van der Waals surface area contributed by atoms with Crippen molar-refractivity contribution < 1.29 is 4.74 Å². The first-order chi connectivity index (χ1) is 6.20. The zero-order valence-electron chi connectivity index (χ0n) is 8.81. The third kappa shape index (κ3) is 2.05. The molecule has 2 saturated heterocycles. The van der Waals surface area contributed by atoms with Gasteiger partial charge in [0.15, 0.2) is 0 Å². The van der Waals surface area contributed by atoms with Gasteiger partial charge in [-0.15, -0.1) is 0 Å². The molecule has 0 aromatic heterocycles. The zero-order valence-corrected chi connectivity index (χ0v) is 8.81. The van der Waals surface area contributed by atoms with Crippen LogP contribution in [0.3, 0.4) is 0 Å². The third-order valence-electron chi connectivity index (χ3n) is 3.47. The van der Waals surface area contributed by atoms with Crippen molar-refractivity contribution in [2.24, 2.45) is 5.41 Å². The van der Waals surface area contributed by atoms with E-state index in [1.165, 1.54) is 38.8 Å². The molecule has 0 aromatic carbocycles. The monoisotopic (exact) mass is 183 g/mol. The topological polar surface area (TPSA) is 21.3 Å². The second-order valence-electron chi connectivity index (χ2n) is 4.95. The average Bonchev–Trinajstić information content (AvgIpc) is 2.02. The summed E-state index contributed by atoms with van der Waals surface area (Å²) in [5, 5.41) is 3.53. The van der Waals surface area contributed by atoms with Gasteiger partial charge in [0.2, 0.25) is 0 Å². The molecular formula is C11H21NO. The van der Waals surface area contributed by atoms with Crippen LogP contribution in [0.2, 0.25) is 0 Å². The van der Waals surface area contributed by atoms with Gasteiger partial charge >= 0.3 is 0 Å². The highest BCUT2D eigenvalue weighted by atomic mass is 16.5. The molecule has 2 nitrogen and oxygen atoms in total. The number of nitrogens with one attached hydrogen (secondary N) is 1. The Labute approximate surface area is 81.0 Å². The van der Waals surface area contributed by atoms with Crippen molar-refractivity contribution in [1.82, 2.24) is 5.32 Å². The van der Waals surface area contributed by atoms with Gasteiger partial charge in [0.1, 0.15) is 0 Å². The van der Waals surface area contributed by atoms with Crippen molar-refractivity contribution >= 4 is 0 Å². The van der Waals surface area contributed by atoms with Gasteiger partial charge in [-0.2, -0.15) is 0 Å². The highest BCUT2D eigenvalue weighted by Crippen LogP contribution is 2.41. The molecule has 2 unspecified atom stereocenters. The van der Waals surface area contributed by atoms with E-state index in [9.17, 15) is 0 Å². The quantitative estimate of drug-likeness (QED) is 0.619. The molecule has 2 fully saturated rings. The molecule has 2 atom stereocenters. The Bertz CT molecular complexity index is 163. The summed E-state index contributed by atoms with van der Waals surface area (Å²) in [4.78, 5) is 0.